The summed E-state index contributed by atoms with van der Waals surface area (Å²) < 4.78 is 1.04. The number of hydrogen-bond donors (Lipinski definition) is 2. The summed E-state index contributed by atoms with van der Waals surface area (Å²) in [5.41, 5.74) is 3.70. The van der Waals surface area contributed by atoms with Crippen molar-refractivity contribution >= 4 is 49.7 Å². The number of rotatable bonds is 4. The van der Waals surface area contributed by atoms with Crippen LogP contribution in [0.4, 0.5) is 16.5 Å². The minimum Gasteiger partial charge on any atom is -0.332 e. The number of halogens is 1. The van der Waals surface area contributed by atoms with E-state index in [0.717, 1.165) is 32.2 Å². The maximum atomic E-state index is 11.0. The van der Waals surface area contributed by atoms with Gasteiger partial charge in [-0.15, -0.1) is 11.3 Å². The predicted octanol–water partition coefficient (Wildman–Crippen LogP) is 5.27. The van der Waals surface area contributed by atoms with Gasteiger partial charge in [-0.25, -0.2) is 4.98 Å². The van der Waals surface area contributed by atoms with Gasteiger partial charge in [0, 0.05) is 33.7 Å². The number of nitrogens with zero attached hydrogens (tertiary/aromatic N) is 1. The molecule has 116 valence electrons. The Bertz CT molecular complexity index is 813. The van der Waals surface area contributed by atoms with E-state index in [2.05, 4.69) is 31.5 Å². The largest absolute Gasteiger partial charge is 0.332 e. The molecule has 0 fully saturated rings. The van der Waals surface area contributed by atoms with Gasteiger partial charge in [0.05, 0.1) is 5.69 Å². The van der Waals surface area contributed by atoms with Crippen molar-refractivity contribution in [2.24, 2.45) is 0 Å². The lowest BCUT2D eigenvalue weighted by molar-refractivity contribution is -0.114. The van der Waals surface area contributed by atoms with Gasteiger partial charge in [0.25, 0.3) is 0 Å². The molecule has 23 heavy (non-hydrogen) atoms. The molecule has 1 aromatic heterocycles. The fourth-order valence-electron chi connectivity index (χ4n) is 2.05. The lowest BCUT2D eigenvalue weighted by Gasteiger charge is -2.03. The van der Waals surface area contributed by atoms with Crippen LogP contribution in [-0.2, 0) is 4.79 Å². The molecule has 0 bridgehead atoms. The van der Waals surface area contributed by atoms with Crippen molar-refractivity contribution in [3.05, 3.63) is 58.4 Å². The highest BCUT2D eigenvalue weighted by molar-refractivity contribution is 9.10. The number of nitrogens with one attached hydrogen (secondary N) is 2. The summed E-state index contributed by atoms with van der Waals surface area (Å²) in [6.07, 6.45) is 0. The maximum Gasteiger partial charge on any atom is 0.221 e. The quantitative estimate of drug-likeness (QED) is 0.640. The summed E-state index contributed by atoms with van der Waals surface area (Å²) in [5.74, 6) is -0.0765. The minimum absolute atomic E-state index is 0.0765. The molecule has 0 aliphatic rings. The van der Waals surface area contributed by atoms with Crippen molar-refractivity contribution in [3.63, 3.8) is 0 Å². The highest BCUT2D eigenvalue weighted by Crippen LogP contribution is 2.28. The number of carbonyl (C=O) groups excluding carboxylic acids is 1. The van der Waals surface area contributed by atoms with Crippen LogP contribution in [-0.4, -0.2) is 10.9 Å². The lowest BCUT2D eigenvalue weighted by Crippen LogP contribution is -2.05. The third-order valence-electron chi connectivity index (χ3n) is 3.10. The molecule has 0 saturated carbocycles. The van der Waals surface area contributed by atoms with Crippen molar-refractivity contribution in [1.29, 1.82) is 0 Å². The molecule has 0 radical (unpaired) electrons. The molecule has 0 unspecified atom stereocenters. The van der Waals surface area contributed by atoms with Gasteiger partial charge in [-0.2, -0.15) is 0 Å². The Hall–Kier alpha value is -2.18. The van der Waals surface area contributed by atoms with Crippen molar-refractivity contribution in [3.8, 4) is 11.3 Å². The zero-order chi connectivity index (χ0) is 16.2. The number of thiazole rings is 1. The Morgan fingerprint density at radius 3 is 2.35 bits per heavy atom. The highest BCUT2D eigenvalue weighted by atomic mass is 79.9. The van der Waals surface area contributed by atoms with Gasteiger partial charge >= 0.3 is 0 Å². The standard InChI is InChI=1S/C17H14BrN3OS/c1-11(22)19-14-6-2-12(3-7-14)16-10-23-17(21-16)20-15-8-4-13(18)5-9-15/h2-10H,1H3,(H,19,22)(H,20,21). The third-order valence-corrected chi connectivity index (χ3v) is 4.39. The SMILES string of the molecule is CC(=O)Nc1ccc(-c2csc(Nc3ccc(Br)cc3)n2)cc1. The van der Waals surface area contributed by atoms with Crippen LogP contribution in [0.25, 0.3) is 11.3 Å². The van der Waals surface area contributed by atoms with Crippen LogP contribution in [0.3, 0.4) is 0 Å². The van der Waals surface area contributed by atoms with E-state index in [9.17, 15) is 4.79 Å². The van der Waals surface area contributed by atoms with Crippen LogP contribution >= 0.6 is 27.3 Å². The topological polar surface area (TPSA) is 54.0 Å². The first-order valence-electron chi connectivity index (χ1n) is 6.96. The Morgan fingerprint density at radius 2 is 1.70 bits per heavy atom. The van der Waals surface area contributed by atoms with E-state index in [4.69, 9.17) is 0 Å². The first kappa shape index (κ1) is 15.7. The fourth-order valence-corrected chi connectivity index (χ4v) is 3.05. The van der Waals surface area contributed by atoms with Crippen molar-refractivity contribution < 1.29 is 4.79 Å². The molecule has 0 aliphatic carbocycles. The van der Waals surface area contributed by atoms with Gasteiger partial charge in [0.2, 0.25) is 5.91 Å². The molecule has 4 nitrogen and oxygen atoms in total. The van der Waals surface area contributed by atoms with Crippen LogP contribution in [0.1, 0.15) is 6.92 Å². The van der Waals surface area contributed by atoms with Gasteiger partial charge < -0.3 is 10.6 Å². The lowest BCUT2D eigenvalue weighted by atomic mass is 10.1. The number of hydrogen-bond acceptors (Lipinski definition) is 4. The van der Waals surface area contributed by atoms with Crippen LogP contribution in [0.5, 0.6) is 0 Å². The van der Waals surface area contributed by atoms with E-state index in [1.807, 2.05) is 53.9 Å². The monoisotopic (exact) mass is 387 g/mol. The molecular weight excluding hydrogens is 374 g/mol. The first-order chi connectivity index (χ1) is 11.1. The second-order valence-corrected chi connectivity index (χ2v) is 6.70. The number of benzene rings is 2. The Balaban J connectivity index is 1.73. The second kappa shape index (κ2) is 6.93. The molecule has 2 N–H and O–H groups in total. The molecule has 0 atom stereocenters. The van der Waals surface area contributed by atoms with Crippen LogP contribution in [0, 0.1) is 0 Å². The van der Waals surface area contributed by atoms with Gasteiger partial charge in [0.1, 0.15) is 0 Å². The zero-order valence-corrected chi connectivity index (χ0v) is 14.7. The average Bonchev–Trinajstić information content (AvgIpc) is 2.98. The highest BCUT2D eigenvalue weighted by Gasteiger charge is 2.05. The van der Waals surface area contributed by atoms with Crippen molar-refractivity contribution in [1.82, 2.24) is 4.98 Å². The summed E-state index contributed by atoms with van der Waals surface area (Å²) in [6.45, 7) is 1.49. The molecule has 1 amide bonds. The molecule has 2 aromatic carbocycles. The number of anilines is 3. The molecule has 3 aromatic rings. The van der Waals surface area contributed by atoms with Crippen molar-refractivity contribution in [2.45, 2.75) is 6.92 Å². The Labute approximate surface area is 146 Å². The van der Waals surface area contributed by atoms with Crippen LogP contribution in [0.2, 0.25) is 0 Å². The van der Waals surface area contributed by atoms with E-state index in [-0.39, 0.29) is 5.91 Å². The molecule has 1 heterocycles. The van der Waals surface area contributed by atoms with Gasteiger partial charge in [0.15, 0.2) is 5.13 Å². The minimum atomic E-state index is -0.0765. The maximum absolute atomic E-state index is 11.0. The van der Waals surface area contributed by atoms with Crippen LogP contribution < -0.4 is 10.6 Å². The summed E-state index contributed by atoms with van der Waals surface area (Å²) in [7, 11) is 0. The molecule has 0 spiro atoms. The Morgan fingerprint density at radius 1 is 1.04 bits per heavy atom. The Kier molecular flexibility index (Phi) is 4.73. The zero-order valence-electron chi connectivity index (χ0n) is 12.3. The number of carbonyl (C=O) groups is 1. The third kappa shape index (κ3) is 4.18. The predicted molar refractivity (Wildman–Crippen MR) is 99.3 cm³/mol. The molecule has 0 saturated heterocycles. The van der Waals surface area contributed by atoms with Gasteiger partial charge in [-0.1, -0.05) is 28.1 Å². The van der Waals surface area contributed by atoms with Gasteiger partial charge in [-0.3, -0.25) is 4.79 Å². The molecular formula is C17H14BrN3OS. The number of amides is 1. The second-order valence-electron chi connectivity index (χ2n) is 4.93. The van der Waals surface area contributed by atoms with Gasteiger partial charge in [-0.05, 0) is 36.4 Å². The van der Waals surface area contributed by atoms with Crippen LogP contribution in [0.15, 0.2) is 58.4 Å². The average molecular weight is 388 g/mol. The summed E-state index contributed by atoms with van der Waals surface area (Å²) >= 11 is 4.97. The summed E-state index contributed by atoms with van der Waals surface area (Å²) in [5, 5.41) is 8.89. The molecule has 6 heteroatoms. The van der Waals surface area contributed by atoms with E-state index in [1.54, 1.807) is 11.3 Å². The van der Waals surface area contributed by atoms with Crippen molar-refractivity contribution in [2.75, 3.05) is 10.6 Å². The summed E-state index contributed by atoms with van der Waals surface area (Å²) in [6, 6.07) is 15.6. The van der Waals surface area contributed by atoms with E-state index in [1.165, 1.54) is 6.92 Å². The fraction of sp³-hybridized carbons (Fsp3) is 0.0588. The molecule has 0 aliphatic heterocycles. The first-order valence-corrected chi connectivity index (χ1v) is 8.63. The van der Waals surface area contributed by atoms with E-state index in [0.29, 0.717) is 0 Å². The van der Waals surface area contributed by atoms with E-state index < -0.39 is 0 Å². The van der Waals surface area contributed by atoms with E-state index >= 15 is 0 Å². The number of aromatic nitrogens is 1. The smallest absolute Gasteiger partial charge is 0.221 e. The molecule has 3 rings (SSSR count). The normalized spacial score (nSPS) is 10.3. The summed E-state index contributed by atoms with van der Waals surface area (Å²) in [4.78, 5) is 15.6.